The van der Waals surface area contributed by atoms with Crippen LogP contribution in [0, 0.1) is 0 Å². The molecule has 0 saturated carbocycles. The number of amides is 2. The summed E-state index contributed by atoms with van der Waals surface area (Å²) in [5.74, 6) is -1.49. The van der Waals surface area contributed by atoms with Gasteiger partial charge in [0.2, 0.25) is 0 Å². The number of aromatic nitrogens is 2. The highest BCUT2D eigenvalue weighted by Crippen LogP contribution is 2.20. The first-order valence-electron chi connectivity index (χ1n) is 10.2. The molecule has 1 aromatic carbocycles. The van der Waals surface area contributed by atoms with Crippen molar-refractivity contribution < 1.29 is 19.8 Å². The molecule has 0 spiro atoms. The summed E-state index contributed by atoms with van der Waals surface area (Å²) in [5.41, 5.74) is 6.78. The number of nitrogens with zero attached hydrogens (tertiary/aromatic N) is 3. The molecule has 0 bridgehead atoms. The van der Waals surface area contributed by atoms with Crippen molar-refractivity contribution in [1.29, 1.82) is 0 Å². The van der Waals surface area contributed by atoms with Gasteiger partial charge in [0.1, 0.15) is 0 Å². The van der Waals surface area contributed by atoms with Crippen LogP contribution in [-0.2, 0) is 22.6 Å². The van der Waals surface area contributed by atoms with Crippen LogP contribution in [0.4, 0.5) is 5.69 Å². The molecule has 1 aromatic heterocycles. The molecule has 0 aliphatic carbocycles. The second-order valence-electron chi connectivity index (χ2n) is 7.71. The molecule has 3 heterocycles. The van der Waals surface area contributed by atoms with Crippen molar-refractivity contribution in [2.75, 3.05) is 18.1 Å². The van der Waals surface area contributed by atoms with Crippen LogP contribution in [0.15, 0.2) is 42.7 Å². The van der Waals surface area contributed by atoms with E-state index in [4.69, 9.17) is 0 Å². The number of benzene rings is 1. The van der Waals surface area contributed by atoms with Crippen LogP contribution >= 0.6 is 0 Å². The highest BCUT2D eigenvalue weighted by molar-refractivity contribution is 5.91. The van der Waals surface area contributed by atoms with Gasteiger partial charge in [-0.15, -0.1) is 0 Å². The normalized spacial score (nSPS) is 18.4. The molecule has 4 rings (SSSR count). The Balaban J connectivity index is 1.33. The number of aliphatic hydroxyl groups is 2. The minimum Gasteiger partial charge on any atom is -0.380 e. The van der Waals surface area contributed by atoms with Crippen molar-refractivity contribution in [2.45, 2.75) is 38.1 Å². The summed E-state index contributed by atoms with van der Waals surface area (Å²) in [6.07, 6.45) is 2.45. The number of hydrazine groups is 1. The van der Waals surface area contributed by atoms with E-state index >= 15 is 0 Å². The van der Waals surface area contributed by atoms with Gasteiger partial charge in [0, 0.05) is 43.5 Å². The van der Waals surface area contributed by atoms with Gasteiger partial charge in [-0.3, -0.25) is 19.7 Å². The average molecular weight is 426 g/mol. The molecule has 31 heavy (non-hydrogen) atoms. The Bertz CT molecular complexity index is 973. The van der Waals surface area contributed by atoms with Crippen LogP contribution in [0.25, 0.3) is 0 Å². The van der Waals surface area contributed by atoms with Crippen LogP contribution < -0.4 is 15.8 Å². The molecule has 2 aliphatic rings. The molecule has 3 atom stereocenters. The largest absolute Gasteiger partial charge is 0.380 e. The van der Waals surface area contributed by atoms with Gasteiger partial charge in [0.05, 0.1) is 17.9 Å². The van der Waals surface area contributed by atoms with E-state index in [-0.39, 0.29) is 6.54 Å². The zero-order chi connectivity index (χ0) is 22.0. The molecule has 2 amide bonds. The molecule has 0 unspecified atom stereocenters. The smallest absolute Gasteiger partial charge is 0.255 e. The van der Waals surface area contributed by atoms with Gasteiger partial charge in [-0.05, 0) is 24.6 Å². The number of aliphatic hydroxyl groups excluding tert-OH is 2. The maximum absolute atomic E-state index is 12.6. The minimum absolute atomic E-state index is 0.278. The third-order valence-electron chi connectivity index (χ3n) is 5.60. The summed E-state index contributed by atoms with van der Waals surface area (Å²) in [4.78, 5) is 26.5. The summed E-state index contributed by atoms with van der Waals surface area (Å²) < 4.78 is 0. The van der Waals surface area contributed by atoms with Crippen molar-refractivity contribution in [3.63, 3.8) is 0 Å². The molecule has 0 saturated heterocycles. The van der Waals surface area contributed by atoms with Crippen LogP contribution in [0.5, 0.6) is 0 Å². The highest BCUT2D eigenvalue weighted by atomic mass is 16.3. The van der Waals surface area contributed by atoms with Crippen molar-refractivity contribution in [2.24, 2.45) is 0 Å². The first kappa shape index (κ1) is 21.0. The van der Waals surface area contributed by atoms with E-state index in [1.165, 1.54) is 4.90 Å². The fourth-order valence-corrected chi connectivity index (χ4v) is 3.72. The van der Waals surface area contributed by atoms with Crippen molar-refractivity contribution in [3.8, 4) is 0 Å². The zero-order valence-electron chi connectivity index (χ0n) is 17.2. The number of rotatable bonds is 6. The lowest BCUT2D eigenvalue weighted by Crippen LogP contribution is -2.51. The molecule has 10 nitrogen and oxygen atoms in total. The summed E-state index contributed by atoms with van der Waals surface area (Å²) >= 11 is 0. The van der Waals surface area contributed by atoms with E-state index in [1.807, 2.05) is 41.6 Å². The van der Waals surface area contributed by atoms with E-state index in [2.05, 4.69) is 20.9 Å². The fourth-order valence-electron chi connectivity index (χ4n) is 3.72. The molecule has 10 heteroatoms. The molecule has 2 aromatic rings. The molecular formula is C21H26N6O4. The molecule has 2 aliphatic heterocycles. The molecule has 5 N–H and O–H groups in total. The number of anilines is 1. The Morgan fingerprint density at radius 2 is 1.97 bits per heavy atom. The second kappa shape index (κ2) is 8.88. The lowest BCUT2D eigenvalue weighted by atomic mass is 10.0. The van der Waals surface area contributed by atoms with Gasteiger partial charge >= 0.3 is 0 Å². The number of hydrogen-bond acceptors (Lipinski definition) is 7. The summed E-state index contributed by atoms with van der Waals surface area (Å²) in [5, 5.41) is 31.9. The predicted octanol–water partition coefficient (Wildman–Crippen LogP) is -0.268. The lowest BCUT2D eigenvalue weighted by molar-refractivity contribution is -0.154. The van der Waals surface area contributed by atoms with Crippen LogP contribution in [0.3, 0.4) is 0 Å². The number of fused-ring (bicyclic) bond motifs is 1. The summed E-state index contributed by atoms with van der Waals surface area (Å²) in [6.45, 7) is 3.20. The number of carbonyl (C=O) groups excluding carboxylic acids is 2. The van der Waals surface area contributed by atoms with Gasteiger partial charge in [0.15, 0.2) is 12.2 Å². The Kier molecular flexibility index (Phi) is 6.03. The van der Waals surface area contributed by atoms with Crippen molar-refractivity contribution >= 4 is 17.5 Å². The Morgan fingerprint density at radius 3 is 2.68 bits per heavy atom. The average Bonchev–Trinajstić information content (AvgIpc) is 3.49. The van der Waals surface area contributed by atoms with E-state index in [0.29, 0.717) is 13.0 Å². The van der Waals surface area contributed by atoms with Crippen LogP contribution in [0.1, 0.15) is 29.8 Å². The summed E-state index contributed by atoms with van der Waals surface area (Å²) in [6, 6.07) is 7.16. The lowest BCUT2D eigenvalue weighted by Gasteiger charge is -2.30. The first-order valence-corrected chi connectivity index (χ1v) is 10.2. The fraction of sp³-hybridized carbons (Fsp3) is 0.381. The van der Waals surface area contributed by atoms with Gasteiger partial charge in [-0.2, -0.15) is 5.10 Å². The third-order valence-corrected chi connectivity index (χ3v) is 5.60. The Hall–Kier alpha value is -3.21. The second-order valence-corrected chi connectivity index (χ2v) is 7.71. The molecule has 0 radical (unpaired) electrons. The Morgan fingerprint density at radius 1 is 1.19 bits per heavy atom. The van der Waals surface area contributed by atoms with Gasteiger partial charge < -0.3 is 20.4 Å². The van der Waals surface area contributed by atoms with Gasteiger partial charge in [-0.1, -0.05) is 18.2 Å². The number of H-pyrrole nitrogens is 1. The highest BCUT2D eigenvalue weighted by Gasteiger charge is 2.35. The van der Waals surface area contributed by atoms with Gasteiger partial charge in [0.25, 0.3) is 11.8 Å². The standard InChI is InChI=1S/C21H26N6O4/c1-13(14-3-5-16(6-4-14)27-9-2-8-23-27)24-20(30)18(28)19(29)21(31)26-10-7-17-15(12-26)11-22-25-17/h2-6,9,11,13,18-19,23,28-29H,7-8,10,12H2,1H3,(H,22,25)(H,24,30)/t13-,18-,19-/m1/s1. The molecule has 0 fully saturated rings. The van der Waals surface area contributed by atoms with Crippen LogP contribution in [0.2, 0.25) is 0 Å². The van der Waals surface area contributed by atoms with E-state index in [0.717, 1.165) is 29.1 Å². The van der Waals surface area contributed by atoms with Crippen molar-refractivity contribution in [3.05, 3.63) is 59.6 Å². The Labute approximate surface area is 179 Å². The molecule has 164 valence electrons. The number of carbonyl (C=O) groups is 2. The van der Waals surface area contributed by atoms with E-state index in [9.17, 15) is 19.8 Å². The van der Waals surface area contributed by atoms with Gasteiger partial charge in [-0.25, -0.2) is 5.43 Å². The maximum Gasteiger partial charge on any atom is 0.255 e. The van der Waals surface area contributed by atoms with E-state index in [1.54, 1.807) is 13.1 Å². The maximum atomic E-state index is 12.6. The SMILES string of the molecule is C[C@@H](NC(=O)[C@H](O)[C@@H](O)C(=O)N1CCc2[nH]ncc2C1)c1ccc(N2C=CCN2)cc1. The van der Waals surface area contributed by atoms with Crippen molar-refractivity contribution in [1.82, 2.24) is 25.8 Å². The van der Waals surface area contributed by atoms with Crippen LogP contribution in [-0.4, -0.2) is 62.4 Å². The zero-order valence-corrected chi connectivity index (χ0v) is 17.2. The third kappa shape index (κ3) is 4.46. The first-order chi connectivity index (χ1) is 14.9. The minimum atomic E-state index is -1.86. The van der Waals surface area contributed by atoms with E-state index < -0.39 is 30.1 Å². The topological polar surface area (TPSA) is 134 Å². The molecular weight excluding hydrogens is 400 g/mol. The number of aromatic amines is 1. The number of nitrogens with one attached hydrogen (secondary N) is 3. The quantitative estimate of drug-likeness (QED) is 0.429. The predicted molar refractivity (Wildman–Crippen MR) is 112 cm³/mol. The summed E-state index contributed by atoms with van der Waals surface area (Å²) in [7, 11) is 0. The number of hydrogen-bond donors (Lipinski definition) is 5. The monoisotopic (exact) mass is 426 g/mol.